The highest BCUT2D eigenvalue weighted by Gasteiger charge is 2.50. The van der Waals surface area contributed by atoms with Crippen LogP contribution in [0.4, 0.5) is 0 Å². The van der Waals surface area contributed by atoms with E-state index in [1.165, 1.54) is 15.9 Å². The van der Waals surface area contributed by atoms with Gasteiger partial charge in [0.25, 0.3) is 8.32 Å². The molecule has 0 saturated heterocycles. The largest absolute Gasteiger partial charge is 0.401 e. The lowest BCUT2D eigenvalue weighted by atomic mass is 10.1. The molecule has 2 aromatic rings. The van der Waals surface area contributed by atoms with Crippen LogP contribution in [-0.4, -0.2) is 38.8 Å². The fourth-order valence-corrected chi connectivity index (χ4v) is 9.96. The van der Waals surface area contributed by atoms with E-state index >= 15 is 0 Å². The van der Waals surface area contributed by atoms with E-state index in [0.717, 1.165) is 19.3 Å². The van der Waals surface area contributed by atoms with Gasteiger partial charge in [0.2, 0.25) is 0 Å². The summed E-state index contributed by atoms with van der Waals surface area (Å²) in [5, 5.41) is 3.26. The number of hydrogen-bond acceptors (Lipinski definition) is 3. The molecule has 0 N–H and O–H groups in total. The lowest BCUT2D eigenvalue weighted by Gasteiger charge is -2.44. The van der Waals surface area contributed by atoms with Crippen molar-refractivity contribution < 1.29 is 13.9 Å². The summed E-state index contributed by atoms with van der Waals surface area (Å²) in [5.41, 5.74) is 1.34. The molecule has 0 heterocycles. The van der Waals surface area contributed by atoms with Crippen LogP contribution in [0, 0.1) is 0 Å². The maximum absolute atomic E-state index is 7.23. The third-order valence-corrected chi connectivity index (χ3v) is 12.0. The van der Waals surface area contributed by atoms with Crippen molar-refractivity contribution in [3.8, 4) is 0 Å². The lowest BCUT2D eigenvalue weighted by Crippen LogP contribution is -2.67. The minimum Gasteiger partial charge on any atom is -0.401 e. The average molecular weight is 532 g/mol. The van der Waals surface area contributed by atoms with Crippen molar-refractivity contribution in [1.82, 2.24) is 0 Å². The number of hydrogen-bond donors (Lipinski definition) is 0. The predicted octanol–water partition coefficient (Wildman–Crippen LogP) is 6.20. The van der Waals surface area contributed by atoms with E-state index in [-0.39, 0.29) is 23.5 Å². The van der Waals surface area contributed by atoms with Crippen LogP contribution >= 0.6 is 15.9 Å². The van der Waals surface area contributed by atoms with Gasteiger partial charge in [0, 0.05) is 6.61 Å². The predicted molar refractivity (Wildman–Crippen MR) is 144 cm³/mol. The van der Waals surface area contributed by atoms with Crippen molar-refractivity contribution in [3.05, 3.63) is 72.3 Å². The zero-order valence-corrected chi connectivity index (χ0v) is 23.3. The van der Waals surface area contributed by atoms with Crippen LogP contribution in [0.3, 0.4) is 0 Å². The van der Waals surface area contributed by atoms with Gasteiger partial charge in [-0.3, -0.25) is 0 Å². The summed E-state index contributed by atoms with van der Waals surface area (Å²) in [6, 6.07) is 21.7. The fourth-order valence-electron chi connectivity index (χ4n) is 4.98. The monoisotopic (exact) mass is 530 g/mol. The van der Waals surface area contributed by atoms with Gasteiger partial charge >= 0.3 is 0 Å². The average Bonchev–Trinajstić information content (AvgIpc) is 3.23. The third-order valence-electron chi connectivity index (χ3n) is 6.37. The zero-order valence-electron chi connectivity index (χ0n) is 20.7. The van der Waals surface area contributed by atoms with Gasteiger partial charge in [-0.25, -0.2) is 0 Å². The first-order valence-electron chi connectivity index (χ1n) is 12.1. The van der Waals surface area contributed by atoms with E-state index in [1.54, 1.807) is 0 Å². The number of benzene rings is 2. The Labute approximate surface area is 209 Å². The molecule has 180 valence electrons. The van der Waals surface area contributed by atoms with Crippen LogP contribution < -0.4 is 10.4 Å². The molecule has 1 saturated carbocycles. The second-order valence-corrected chi connectivity index (χ2v) is 14.7. The second kappa shape index (κ2) is 11.9. The van der Waals surface area contributed by atoms with Crippen LogP contribution in [0.1, 0.15) is 53.9 Å². The molecule has 2 aromatic carbocycles. The summed E-state index contributed by atoms with van der Waals surface area (Å²) in [4.78, 5) is 0. The molecule has 33 heavy (non-hydrogen) atoms. The molecule has 0 spiro atoms. The molecular weight excluding hydrogens is 492 g/mol. The molecule has 0 radical (unpaired) electrons. The summed E-state index contributed by atoms with van der Waals surface area (Å²) in [5.74, 6) is 0. The van der Waals surface area contributed by atoms with E-state index in [9.17, 15) is 0 Å². The molecule has 5 heteroatoms. The van der Waals surface area contributed by atoms with Gasteiger partial charge in [0.05, 0.1) is 17.5 Å². The Morgan fingerprint density at radius 2 is 1.61 bits per heavy atom. The molecule has 3 rings (SSSR count). The molecule has 3 atom stereocenters. The Kier molecular flexibility index (Phi) is 9.54. The van der Waals surface area contributed by atoms with Gasteiger partial charge in [-0.05, 0) is 54.1 Å². The van der Waals surface area contributed by atoms with Crippen molar-refractivity contribution in [2.24, 2.45) is 0 Å². The molecule has 0 aromatic heterocycles. The van der Waals surface area contributed by atoms with Crippen molar-refractivity contribution in [2.45, 2.75) is 77.4 Å². The smallest absolute Gasteiger partial charge is 0.261 e. The third kappa shape index (κ3) is 6.26. The maximum atomic E-state index is 7.23. The molecule has 3 nitrogen and oxygen atoms in total. The number of alkyl halides is 1. The molecule has 0 amide bonds. The molecule has 1 aliphatic carbocycles. The number of rotatable bonds is 10. The zero-order chi connectivity index (χ0) is 23.9. The first kappa shape index (κ1) is 26.4. The molecular formula is C28H39BrO3Si. The lowest BCUT2D eigenvalue weighted by molar-refractivity contribution is -0.143. The van der Waals surface area contributed by atoms with Crippen LogP contribution in [0.25, 0.3) is 0 Å². The van der Waals surface area contributed by atoms with Crippen molar-refractivity contribution in [1.29, 1.82) is 0 Å². The Morgan fingerprint density at radius 3 is 2.09 bits per heavy atom. The molecule has 1 aliphatic rings. The summed E-state index contributed by atoms with van der Waals surface area (Å²) in [6.45, 7) is 11.8. The van der Waals surface area contributed by atoms with E-state index in [2.05, 4.69) is 110 Å². The van der Waals surface area contributed by atoms with Crippen LogP contribution in [0.5, 0.6) is 0 Å². The SMILES string of the molecule is CCOC(CBr)O[C@H]1CCC/C1=C\C(C)O[Si](c1ccccc1)(c1ccccc1)C(C)(C)C. The molecule has 2 unspecified atom stereocenters. The summed E-state index contributed by atoms with van der Waals surface area (Å²) in [7, 11) is -2.58. The minimum absolute atomic E-state index is 0.0231. The van der Waals surface area contributed by atoms with Gasteiger partial charge < -0.3 is 13.9 Å². The van der Waals surface area contributed by atoms with Gasteiger partial charge in [-0.1, -0.05) is 103 Å². The minimum atomic E-state index is -2.58. The fraction of sp³-hybridized carbons (Fsp3) is 0.500. The molecule has 0 aliphatic heterocycles. The summed E-state index contributed by atoms with van der Waals surface area (Å²) in [6.07, 6.45) is 5.41. The Balaban J connectivity index is 1.95. The van der Waals surface area contributed by atoms with Crippen LogP contribution in [-0.2, 0) is 13.9 Å². The Bertz CT molecular complexity index is 840. The molecule has 1 fully saturated rings. The highest BCUT2D eigenvalue weighted by atomic mass is 79.9. The van der Waals surface area contributed by atoms with Gasteiger partial charge in [0.15, 0.2) is 6.29 Å². The Hall–Kier alpha value is -1.24. The topological polar surface area (TPSA) is 27.7 Å². The molecule has 0 bridgehead atoms. The van der Waals surface area contributed by atoms with E-state index in [1.807, 2.05) is 6.92 Å². The Morgan fingerprint density at radius 1 is 1.03 bits per heavy atom. The number of halogens is 1. The maximum Gasteiger partial charge on any atom is 0.261 e. The van der Waals surface area contributed by atoms with Gasteiger partial charge in [-0.2, -0.15) is 0 Å². The summed E-state index contributed by atoms with van der Waals surface area (Å²) < 4.78 is 19.3. The van der Waals surface area contributed by atoms with Crippen molar-refractivity contribution in [2.75, 3.05) is 11.9 Å². The first-order valence-corrected chi connectivity index (χ1v) is 15.2. The number of ether oxygens (including phenoxy) is 2. The highest BCUT2D eigenvalue weighted by molar-refractivity contribution is 9.09. The van der Waals surface area contributed by atoms with Crippen molar-refractivity contribution in [3.63, 3.8) is 0 Å². The summed E-state index contributed by atoms with van der Waals surface area (Å²) >= 11 is 3.52. The standard InChI is InChI=1S/C28H39BrO3Si/c1-6-30-27(21-29)31-26-19-13-14-23(26)20-22(2)32-33(28(3,4)5,24-15-9-7-10-16-24)25-17-11-8-12-18-25/h7-12,15-18,20,22,26-27H,6,13-14,19,21H2,1-5H3/b23-20+/t22?,26-,27?/m0/s1. The normalized spacial score (nSPS) is 20.2. The quantitative estimate of drug-likeness (QED) is 0.158. The van der Waals surface area contributed by atoms with Crippen molar-refractivity contribution >= 4 is 34.6 Å². The second-order valence-electron chi connectivity index (χ2n) is 9.78. The van der Waals surface area contributed by atoms with Crippen LogP contribution in [0.15, 0.2) is 72.3 Å². The van der Waals surface area contributed by atoms with E-state index in [4.69, 9.17) is 13.9 Å². The highest BCUT2D eigenvalue weighted by Crippen LogP contribution is 2.38. The van der Waals surface area contributed by atoms with Crippen LogP contribution in [0.2, 0.25) is 5.04 Å². The van der Waals surface area contributed by atoms with E-state index < -0.39 is 8.32 Å². The van der Waals surface area contributed by atoms with Gasteiger partial charge in [0.1, 0.15) is 0 Å². The van der Waals surface area contributed by atoms with Gasteiger partial charge in [-0.15, -0.1) is 0 Å². The van der Waals surface area contributed by atoms with E-state index in [0.29, 0.717) is 11.9 Å². The first-order chi connectivity index (χ1) is 15.8.